The van der Waals surface area contributed by atoms with Gasteiger partial charge in [-0.05, 0) is 32.5 Å². The van der Waals surface area contributed by atoms with Crippen LogP contribution in [0.25, 0.3) is 0 Å². The summed E-state index contributed by atoms with van der Waals surface area (Å²) in [6.45, 7) is 8.16. The van der Waals surface area contributed by atoms with Gasteiger partial charge in [-0.3, -0.25) is 0 Å². The van der Waals surface area contributed by atoms with E-state index in [4.69, 9.17) is 0 Å². The number of anilines is 1. The molecule has 1 fully saturated rings. The monoisotopic (exact) mass is 282 g/mol. The van der Waals surface area contributed by atoms with Crippen molar-refractivity contribution < 1.29 is 4.39 Å². The van der Waals surface area contributed by atoms with Crippen LogP contribution in [-0.4, -0.2) is 30.6 Å². The molecule has 0 saturated carbocycles. The predicted octanol–water partition coefficient (Wildman–Crippen LogP) is 3.44. The molecule has 0 spiro atoms. The number of halogens is 1. The quantitative estimate of drug-likeness (QED) is 0.911. The second kappa shape index (κ2) is 6.62. The van der Waals surface area contributed by atoms with Crippen LogP contribution in [-0.2, 0) is 0 Å². The summed E-state index contributed by atoms with van der Waals surface area (Å²) in [6.07, 6.45) is 0. The number of thioether (sulfide) groups is 1. The molecule has 19 heavy (non-hydrogen) atoms. The molecule has 0 amide bonds. The molecule has 1 aliphatic heterocycles. The number of rotatable bonds is 4. The standard InChI is InChI=1S/C15H23FN2S/c1-4-17-12(3)15-13(16)6-5-7-14(15)18-8-9-19-10-11(18)2/h5-7,11-12,17H,4,8-10H2,1-3H3. The summed E-state index contributed by atoms with van der Waals surface area (Å²) in [7, 11) is 0. The zero-order valence-corrected chi connectivity index (χ0v) is 12.8. The Morgan fingerprint density at radius 2 is 2.32 bits per heavy atom. The van der Waals surface area contributed by atoms with Crippen LogP contribution < -0.4 is 10.2 Å². The Morgan fingerprint density at radius 3 is 3.00 bits per heavy atom. The number of nitrogens with zero attached hydrogens (tertiary/aromatic N) is 1. The molecular formula is C15H23FN2S. The number of hydrogen-bond donors (Lipinski definition) is 1. The summed E-state index contributed by atoms with van der Waals surface area (Å²) < 4.78 is 14.2. The molecule has 0 aliphatic carbocycles. The lowest BCUT2D eigenvalue weighted by Gasteiger charge is -2.37. The van der Waals surface area contributed by atoms with Crippen molar-refractivity contribution in [1.29, 1.82) is 0 Å². The van der Waals surface area contributed by atoms with E-state index in [1.165, 1.54) is 0 Å². The summed E-state index contributed by atoms with van der Waals surface area (Å²) >= 11 is 1.98. The lowest BCUT2D eigenvalue weighted by Crippen LogP contribution is -2.41. The molecule has 2 rings (SSSR count). The largest absolute Gasteiger partial charge is 0.367 e. The SMILES string of the molecule is CCNC(C)c1c(F)cccc1N1CCSCC1C. The molecule has 0 bridgehead atoms. The normalized spacial score (nSPS) is 21.5. The maximum Gasteiger partial charge on any atom is 0.130 e. The number of nitrogens with one attached hydrogen (secondary N) is 1. The van der Waals surface area contributed by atoms with E-state index in [-0.39, 0.29) is 11.9 Å². The lowest BCUT2D eigenvalue weighted by molar-refractivity contribution is 0.537. The molecule has 1 aromatic rings. The Morgan fingerprint density at radius 1 is 1.53 bits per heavy atom. The van der Waals surface area contributed by atoms with E-state index in [2.05, 4.69) is 30.1 Å². The van der Waals surface area contributed by atoms with Crippen molar-refractivity contribution in [3.8, 4) is 0 Å². The molecule has 2 unspecified atom stereocenters. The summed E-state index contributed by atoms with van der Waals surface area (Å²) in [6, 6.07) is 5.95. The van der Waals surface area contributed by atoms with Crippen molar-refractivity contribution in [2.75, 3.05) is 29.5 Å². The van der Waals surface area contributed by atoms with Crippen molar-refractivity contribution in [2.45, 2.75) is 32.9 Å². The van der Waals surface area contributed by atoms with Crippen molar-refractivity contribution in [3.05, 3.63) is 29.6 Å². The smallest absolute Gasteiger partial charge is 0.130 e. The molecule has 2 atom stereocenters. The van der Waals surface area contributed by atoms with Crippen molar-refractivity contribution in [1.82, 2.24) is 5.32 Å². The topological polar surface area (TPSA) is 15.3 Å². The molecule has 1 saturated heterocycles. The zero-order valence-electron chi connectivity index (χ0n) is 11.9. The minimum atomic E-state index is -0.101. The van der Waals surface area contributed by atoms with Gasteiger partial charge in [0.15, 0.2) is 0 Å². The van der Waals surface area contributed by atoms with E-state index in [1.807, 2.05) is 24.8 Å². The highest BCUT2D eigenvalue weighted by Gasteiger charge is 2.24. The van der Waals surface area contributed by atoms with E-state index in [0.717, 1.165) is 35.8 Å². The van der Waals surface area contributed by atoms with Gasteiger partial charge in [0.05, 0.1) is 0 Å². The van der Waals surface area contributed by atoms with Crippen LogP contribution in [0.4, 0.5) is 10.1 Å². The third kappa shape index (κ3) is 3.23. The Hall–Kier alpha value is -0.740. The molecule has 2 nitrogen and oxygen atoms in total. The van der Waals surface area contributed by atoms with Gasteiger partial charge < -0.3 is 10.2 Å². The average Bonchev–Trinajstić information content (AvgIpc) is 2.39. The van der Waals surface area contributed by atoms with Crippen molar-refractivity contribution in [3.63, 3.8) is 0 Å². The first kappa shape index (κ1) is 14.7. The fourth-order valence-electron chi connectivity index (χ4n) is 2.70. The summed E-state index contributed by atoms with van der Waals surface area (Å²) in [4.78, 5) is 2.35. The van der Waals surface area contributed by atoms with Crippen LogP contribution in [0.3, 0.4) is 0 Å². The minimum Gasteiger partial charge on any atom is -0.367 e. The average molecular weight is 282 g/mol. The third-order valence-electron chi connectivity index (χ3n) is 3.65. The fourth-order valence-corrected chi connectivity index (χ4v) is 3.71. The second-order valence-corrected chi connectivity index (χ2v) is 6.22. The predicted molar refractivity (Wildman–Crippen MR) is 82.6 cm³/mol. The molecule has 1 aromatic carbocycles. The maximum atomic E-state index is 14.2. The minimum absolute atomic E-state index is 0.0444. The molecule has 1 N–H and O–H groups in total. The molecule has 0 aromatic heterocycles. The lowest BCUT2D eigenvalue weighted by atomic mass is 10.0. The van der Waals surface area contributed by atoms with Gasteiger partial charge in [-0.15, -0.1) is 0 Å². The Kier molecular flexibility index (Phi) is 5.11. The van der Waals surface area contributed by atoms with Gasteiger partial charge in [-0.25, -0.2) is 4.39 Å². The molecular weight excluding hydrogens is 259 g/mol. The van der Waals surface area contributed by atoms with Crippen LogP contribution >= 0.6 is 11.8 Å². The molecule has 1 aliphatic rings. The van der Waals surface area contributed by atoms with Gasteiger partial charge in [0.25, 0.3) is 0 Å². The maximum absolute atomic E-state index is 14.2. The summed E-state index contributed by atoms with van der Waals surface area (Å²) in [5.41, 5.74) is 1.87. The van der Waals surface area contributed by atoms with Gasteiger partial charge >= 0.3 is 0 Å². The van der Waals surface area contributed by atoms with Crippen LogP contribution in [0.2, 0.25) is 0 Å². The van der Waals surface area contributed by atoms with Gasteiger partial charge in [-0.1, -0.05) is 13.0 Å². The van der Waals surface area contributed by atoms with Gasteiger partial charge in [0.1, 0.15) is 5.82 Å². The Bertz CT molecular complexity index is 425. The van der Waals surface area contributed by atoms with E-state index >= 15 is 0 Å². The van der Waals surface area contributed by atoms with E-state index in [1.54, 1.807) is 6.07 Å². The third-order valence-corrected chi connectivity index (χ3v) is 4.84. The van der Waals surface area contributed by atoms with Crippen LogP contribution in [0.1, 0.15) is 32.4 Å². The van der Waals surface area contributed by atoms with Crippen molar-refractivity contribution >= 4 is 17.4 Å². The number of hydrogen-bond acceptors (Lipinski definition) is 3. The van der Waals surface area contributed by atoms with Crippen LogP contribution in [0, 0.1) is 5.82 Å². The molecule has 0 radical (unpaired) electrons. The first-order valence-corrected chi connectivity index (χ1v) is 8.16. The first-order valence-electron chi connectivity index (χ1n) is 7.01. The van der Waals surface area contributed by atoms with Gasteiger partial charge in [0, 0.05) is 41.4 Å². The highest BCUT2D eigenvalue weighted by molar-refractivity contribution is 7.99. The highest BCUT2D eigenvalue weighted by atomic mass is 32.2. The van der Waals surface area contributed by atoms with Crippen LogP contribution in [0.15, 0.2) is 18.2 Å². The van der Waals surface area contributed by atoms with Gasteiger partial charge in [-0.2, -0.15) is 11.8 Å². The van der Waals surface area contributed by atoms with E-state index in [0.29, 0.717) is 6.04 Å². The molecule has 1 heterocycles. The summed E-state index contributed by atoms with van der Waals surface area (Å²) in [5, 5.41) is 3.33. The molecule has 106 valence electrons. The molecule has 4 heteroatoms. The first-order chi connectivity index (χ1) is 9.15. The number of benzene rings is 1. The van der Waals surface area contributed by atoms with E-state index < -0.39 is 0 Å². The summed E-state index contributed by atoms with van der Waals surface area (Å²) in [5.74, 6) is 2.14. The Balaban J connectivity index is 2.35. The fraction of sp³-hybridized carbons (Fsp3) is 0.600. The van der Waals surface area contributed by atoms with Crippen molar-refractivity contribution in [2.24, 2.45) is 0 Å². The highest BCUT2D eigenvalue weighted by Crippen LogP contribution is 2.32. The zero-order chi connectivity index (χ0) is 13.8. The van der Waals surface area contributed by atoms with Crippen LogP contribution in [0.5, 0.6) is 0 Å². The van der Waals surface area contributed by atoms with Gasteiger partial charge in [0.2, 0.25) is 0 Å². The van der Waals surface area contributed by atoms with E-state index in [9.17, 15) is 4.39 Å². The Labute approximate surface area is 119 Å². The second-order valence-electron chi connectivity index (χ2n) is 5.07.